The third-order valence-corrected chi connectivity index (χ3v) is 5.52. The van der Waals surface area contributed by atoms with Crippen molar-refractivity contribution in [2.24, 2.45) is 5.73 Å². The quantitative estimate of drug-likeness (QED) is 0.665. The summed E-state index contributed by atoms with van der Waals surface area (Å²) >= 11 is 1.43. The Balaban J connectivity index is 0.00000225. The molecule has 134 valence electrons. The molecule has 9 heteroatoms. The van der Waals surface area contributed by atoms with Gasteiger partial charge in [0.05, 0.1) is 0 Å². The molecule has 0 bridgehead atoms. The molecule has 1 aromatic carbocycles. The fourth-order valence-electron chi connectivity index (χ4n) is 2.83. The maximum atomic E-state index is 12.3. The van der Waals surface area contributed by atoms with E-state index < -0.39 is 35.2 Å². The number of carboxylic acid groups (broad SMARTS) is 1. The molecule has 0 saturated carbocycles. The standard InChI is InChI=1S/C16H17N3O4S.ClH/c1-8-7-24-15-11(14(21)19(15)12(8)16(22)23)18-13(20)10(17)9-5-3-2-4-6-9;/h2-6,10-11,15H,7,17H2,1H3,(H,18,20)(H,22,23);1H/t10?,11?,15-;/m0./s1. The third-order valence-electron chi connectivity index (χ3n) is 4.10. The lowest BCUT2D eigenvalue weighted by Gasteiger charge is -2.49. The average Bonchev–Trinajstić information content (AvgIpc) is 2.59. The van der Waals surface area contributed by atoms with Gasteiger partial charge in [-0.1, -0.05) is 30.3 Å². The van der Waals surface area contributed by atoms with Gasteiger partial charge in [-0.3, -0.25) is 14.5 Å². The Hall–Kier alpha value is -2.03. The van der Waals surface area contributed by atoms with Crippen LogP contribution in [0.1, 0.15) is 18.5 Å². The normalized spacial score (nSPS) is 23.1. The van der Waals surface area contributed by atoms with Crippen molar-refractivity contribution in [2.45, 2.75) is 24.4 Å². The molecule has 2 heterocycles. The fourth-order valence-corrected chi connectivity index (χ4v) is 4.12. The van der Waals surface area contributed by atoms with Crippen molar-refractivity contribution in [1.29, 1.82) is 0 Å². The van der Waals surface area contributed by atoms with Gasteiger partial charge in [-0.2, -0.15) is 0 Å². The number of hydrogen-bond donors (Lipinski definition) is 3. The van der Waals surface area contributed by atoms with Crippen LogP contribution in [0, 0.1) is 0 Å². The molecular weight excluding hydrogens is 366 g/mol. The van der Waals surface area contributed by atoms with E-state index in [2.05, 4.69) is 5.32 Å². The van der Waals surface area contributed by atoms with Crippen molar-refractivity contribution < 1.29 is 19.5 Å². The Morgan fingerprint density at radius 2 is 2.00 bits per heavy atom. The summed E-state index contributed by atoms with van der Waals surface area (Å²) in [6.07, 6.45) is 0. The minimum Gasteiger partial charge on any atom is -0.477 e. The maximum Gasteiger partial charge on any atom is 0.352 e. The van der Waals surface area contributed by atoms with Crippen LogP contribution in [0.25, 0.3) is 0 Å². The van der Waals surface area contributed by atoms with E-state index >= 15 is 0 Å². The summed E-state index contributed by atoms with van der Waals surface area (Å²) in [4.78, 5) is 37.2. The van der Waals surface area contributed by atoms with E-state index in [1.54, 1.807) is 31.2 Å². The number of aliphatic carboxylic acids is 1. The number of hydrogen-bond acceptors (Lipinski definition) is 5. The highest BCUT2D eigenvalue weighted by atomic mass is 35.5. The monoisotopic (exact) mass is 383 g/mol. The summed E-state index contributed by atoms with van der Waals surface area (Å²) < 4.78 is 0. The van der Waals surface area contributed by atoms with Crippen molar-refractivity contribution in [2.75, 3.05) is 5.75 Å². The van der Waals surface area contributed by atoms with Gasteiger partial charge in [0.1, 0.15) is 23.2 Å². The number of carbonyl (C=O) groups is 3. The fraction of sp³-hybridized carbons (Fsp3) is 0.312. The molecular formula is C16H18ClN3O4S. The first-order valence-corrected chi connectivity index (χ1v) is 8.45. The number of carbonyl (C=O) groups excluding carboxylic acids is 2. The van der Waals surface area contributed by atoms with E-state index in [0.29, 0.717) is 16.9 Å². The average molecular weight is 384 g/mol. The molecule has 2 unspecified atom stereocenters. The molecule has 25 heavy (non-hydrogen) atoms. The highest BCUT2D eigenvalue weighted by Gasteiger charge is 2.53. The summed E-state index contributed by atoms with van der Waals surface area (Å²) in [5, 5.41) is 11.5. The number of nitrogens with one attached hydrogen (secondary N) is 1. The molecule has 0 aromatic heterocycles. The van der Waals surface area contributed by atoms with Gasteiger partial charge < -0.3 is 16.2 Å². The van der Waals surface area contributed by atoms with Gasteiger partial charge in [-0.05, 0) is 18.1 Å². The maximum absolute atomic E-state index is 12.3. The third kappa shape index (κ3) is 3.37. The molecule has 2 aliphatic rings. The summed E-state index contributed by atoms with van der Waals surface area (Å²) in [6, 6.07) is 7.23. The van der Waals surface area contributed by atoms with Crippen molar-refractivity contribution in [3.63, 3.8) is 0 Å². The number of benzene rings is 1. The summed E-state index contributed by atoms with van der Waals surface area (Å²) in [5.74, 6) is -1.50. The lowest BCUT2D eigenvalue weighted by atomic mass is 10.0. The van der Waals surface area contributed by atoms with Crippen molar-refractivity contribution >= 4 is 42.0 Å². The SMILES string of the molecule is CC1=C(C(=O)O)N2C(=O)C(NC(=O)C(N)c3ccccc3)[C@@H]2SC1.Cl. The minimum atomic E-state index is -1.13. The molecule has 7 nitrogen and oxygen atoms in total. The smallest absolute Gasteiger partial charge is 0.352 e. The van der Waals surface area contributed by atoms with E-state index in [9.17, 15) is 19.5 Å². The van der Waals surface area contributed by atoms with Gasteiger partial charge in [-0.15, -0.1) is 24.2 Å². The molecule has 3 atom stereocenters. The minimum absolute atomic E-state index is 0. The van der Waals surface area contributed by atoms with Crippen LogP contribution in [0.3, 0.4) is 0 Å². The lowest BCUT2D eigenvalue weighted by Crippen LogP contribution is -2.71. The second-order valence-electron chi connectivity index (χ2n) is 5.72. The highest BCUT2D eigenvalue weighted by Crippen LogP contribution is 2.40. The van der Waals surface area contributed by atoms with Gasteiger partial charge in [-0.25, -0.2) is 4.79 Å². The van der Waals surface area contributed by atoms with E-state index in [4.69, 9.17) is 5.73 Å². The molecule has 4 N–H and O–H groups in total. The van der Waals surface area contributed by atoms with Crippen LogP contribution in [0.4, 0.5) is 0 Å². The van der Waals surface area contributed by atoms with Crippen LogP contribution in [0.5, 0.6) is 0 Å². The van der Waals surface area contributed by atoms with Gasteiger partial charge in [0.25, 0.3) is 5.91 Å². The molecule has 0 aliphatic carbocycles. The zero-order valence-electron chi connectivity index (χ0n) is 13.3. The first-order valence-electron chi connectivity index (χ1n) is 7.40. The van der Waals surface area contributed by atoms with Crippen LogP contribution in [-0.2, 0) is 14.4 Å². The second kappa shape index (κ2) is 7.47. The van der Waals surface area contributed by atoms with Gasteiger partial charge in [0.15, 0.2) is 0 Å². The van der Waals surface area contributed by atoms with Crippen molar-refractivity contribution in [3.8, 4) is 0 Å². The Morgan fingerprint density at radius 3 is 2.60 bits per heavy atom. The largest absolute Gasteiger partial charge is 0.477 e. The number of halogens is 1. The van der Waals surface area contributed by atoms with E-state index in [1.165, 1.54) is 16.7 Å². The van der Waals surface area contributed by atoms with Crippen LogP contribution in [0.2, 0.25) is 0 Å². The van der Waals surface area contributed by atoms with Crippen LogP contribution in [0.15, 0.2) is 41.6 Å². The Morgan fingerprint density at radius 1 is 1.36 bits per heavy atom. The number of nitrogens with zero attached hydrogens (tertiary/aromatic N) is 1. The molecule has 1 saturated heterocycles. The number of fused-ring (bicyclic) bond motifs is 1. The van der Waals surface area contributed by atoms with Gasteiger partial charge in [0, 0.05) is 5.75 Å². The van der Waals surface area contributed by atoms with Crippen LogP contribution < -0.4 is 11.1 Å². The zero-order valence-corrected chi connectivity index (χ0v) is 15.0. The summed E-state index contributed by atoms with van der Waals surface area (Å²) in [5.41, 5.74) is 7.24. The molecule has 0 radical (unpaired) electrons. The number of carboxylic acids is 1. The molecule has 1 fully saturated rings. The second-order valence-corrected chi connectivity index (χ2v) is 6.82. The number of nitrogens with two attached hydrogens (primary N) is 1. The van der Waals surface area contributed by atoms with Gasteiger partial charge >= 0.3 is 5.97 Å². The first kappa shape index (κ1) is 19.3. The number of amides is 2. The van der Waals surface area contributed by atoms with E-state index in [1.807, 2.05) is 6.07 Å². The Labute approximate surface area is 155 Å². The summed E-state index contributed by atoms with van der Waals surface area (Å²) in [7, 11) is 0. The van der Waals surface area contributed by atoms with Crippen molar-refractivity contribution in [1.82, 2.24) is 10.2 Å². The van der Waals surface area contributed by atoms with E-state index in [0.717, 1.165) is 0 Å². The van der Waals surface area contributed by atoms with Crippen LogP contribution >= 0.6 is 24.2 Å². The molecule has 0 spiro atoms. The Bertz CT molecular complexity index is 740. The molecule has 2 amide bonds. The first-order chi connectivity index (χ1) is 11.4. The van der Waals surface area contributed by atoms with Gasteiger partial charge in [0.2, 0.25) is 5.91 Å². The molecule has 3 rings (SSSR count). The highest BCUT2D eigenvalue weighted by molar-refractivity contribution is 8.00. The zero-order chi connectivity index (χ0) is 17.4. The lowest BCUT2D eigenvalue weighted by molar-refractivity contribution is -0.150. The number of β-lactam (4-membered cyclic amide) rings is 1. The number of rotatable bonds is 4. The van der Waals surface area contributed by atoms with Crippen LogP contribution in [-0.4, -0.2) is 45.0 Å². The topological polar surface area (TPSA) is 113 Å². The Kier molecular flexibility index (Phi) is 5.76. The van der Waals surface area contributed by atoms with Crippen molar-refractivity contribution in [3.05, 3.63) is 47.2 Å². The number of thioether (sulfide) groups is 1. The van der Waals surface area contributed by atoms with E-state index in [-0.39, 0.29) is 18.1 Å². The predicted molar refractivity (Wildman–Crippen MR) is 96.0 cm³/mol. The molecule has 2 aliphatic heterocycles. The molecule has 1 aromatic rings. The summed E-state index contributed by atoms with van der Waals surface area (Å²) in [6.45, 7) is 1.69. The predicted octanol–water partition coefficient (Wildman–Crippen LogP) is 0.867.